The van der Waals surface area contributed by atoms with Gasteiger partial charge >= 0.3 is 0 Å². The summed E-state index contributed by atoms with van der Waals surface area (Å²) in [7, 11) is -0.751. The summed E-state index contributed by atoms with van der Waals surface area (Å²) in [4.78, 5) is 4.73. The highest BCUT2D eigenvalue weighted by Crippen LogP contribution is 2.35. The molecular formula is C31H24NOP. The van der Waals surface area contributed by atoms with Crippen LogP contribution in [0.5, 0.6) is 5.75 Å². The first-order valence-electron chi connectivity index (χ1n) is 11.2. The summed E-state index contributed by atoms with van der Waals surface area (Å²) in [6, 6.07) is 45.4. The molecule has 5 aromatic rings. The number of phenolic OH excluding ortho intramolecular Hbond substituents is 1. The van der Waals surface area contributed by atoms with Crippen LogP contribution in [0.15, 0.2) is 138 Å². The van der Waals surface area contributed by atoms with Crippen LogP contribution < -0.4 is 15.9 Å². The number of rotatable bonds is 6. The Hall–Kier alpha value is -4.00. The molecule has 0 aromatic heterocycles. The van der Waals surface area contributed by atoms with Gasteiger partial charge in [0.2, 0.25) is 0 Å². The van der Waals surface area contributed by atoms with E-state index in [1.165, 1.54) is 15.9 Å². The van der Waals surface area contributed by atoms with Crippen molar-refractivity contribution >= 4 is 35.7 Å². The molecule has 2 nitrogen and oxygen atoms in total. The van der Waals surface area contributed by atoms with Gasteiger partial charge in [-0.25, -0.2) is 0 Å². The van der Waals surface area contributed by atoms with Crippen LogP contribution >= 0.6 is 7.92 Å². The van der Waals surface area contributed by atoms with Crippen LogP contribution in [0, 0.1) is 0 Å². The zero-order valence-electron chi connectivity index (χ0n) is 18.6. The quantitative estimate of drug-likeness (QED) is 0.227. The zero-order valence-corrected chi connectivity index (χ0v) is 19.5. The molecule has 3 heteroatoms. The maximum atomic E-state index is 10.5. The van der Waals surface area contributed by atoms with Crippen LogP contribution in [-0.2, 0) is 0 Å². The molecule has 34 heavy (non-hydrogen) atoms. The molecule has 0 aliphatic heterocycles. The summed E-state index contributed by atoms with van der Waals surface area (Å²) in [5.74, 6) is 0.168. The predicted octanol–water partition coefficient (Wildman–Crippen LogP) is 6.57. The van der Waals surface area contributed by atoms with Gasteiger partial charge in [-0.05, 0) is 47.1 Å². The van der Waals surface area contributed by atoms with E-state index in [0.717, 1.165) is 16.7 Å². The average Bonchev–Trinajstić information content (AvgIpc) is 2.91. The van der Waals surface area contributed by atoms with Gasteiger partial charge in [-0.3, -0.25) is 4.99 Å². The van der Waals surface area contributed by atoms with Crippen molar-refractivity contribution in [3.63, 3.8) is 0 Å². The summed E-state index contributed by atoms with van der Waals surface area (Å²) < 4.78 is 0. The van der Waals surface area contributed by atoms with E-state index < -0.39 is 7.92 Å². The summed E-state index contributed by atoms with van der Waals surface area (Å²) in [6.07, 6.45) is 1.88. The largest absolute Gasteiger partial charge is 0.506 e. The first-order valence-corrected chi connectivity index (χ1v) is 12.6. The Morgan fingerprint density at radius 2 is 1.12 bits per heavy atom. The van der Waals surface area contributed by atoms with Crippen molar-refractivity contribution < 1.29 is 5.11 Å². The highest BCUT2D eigenvalue weighted by molar-refractivity contribution is 7.80. The first-order chi connectivity index (χ1) is 16.8. The summed E-state index contributed by atoms with van der Waals surface area (Å²) in [5, 5.41) is 14.3. The maximum Gasteiger partial charge on any atom is 0.141 e. The Bertz CT molecular complexity index is 1360. The molecule has 0 amide bonds. The lowest BCUT2D eigenvalue weighted by Gasteiger charge is -2.21. The third-order valence-electron chi connectivity index (χ3n) is 5.63. The van der Waals surface area contributed by atoms with Gasteiger partial charge in [0, 0.05) is 11.8 Å². The minimum absolute atomic E-state index is 0.168. The van der Waals surface area contributed by atoms with Crippen molar-refractivity contribution in [2.75, 3.05) is 0 Å². The van der Waals surface area contributed by atoms with Crippen molar-refractivity contribution in [3.8, 4) is 16.9 Å². The molecule has 0 atom stereocenters. The van der Waals surface area contributed by atoms with E-state index in [-0.39, 0.29) is 5.75 Å². The second-order valence-electron chi connectivity index (χ2n) is 7.89. The molecule has 1 N–H and O–H groups in total. The number of hydrogen-bond acceptors (Lipinski definition) is 2. The predicted molar refractivity (Wildman–Crippen MR) is 146 cm³/mol. The SMILES string of the molecule is Oc1ccc(-c2ccccc2)cc1N=Cc1ccccc1P(c1ccccc1)c1ccccc1. The van der Waals surface area contributed by atoms with Crippen LogP contribution in [0.2, 0.25) is 0 Å². The highest BCUT2D eigenvalue weighted by Gasteiger charge is 2.18. The van der Waals surface area contributed by atoms with Crippen molar-refractivity contribution in [1.29, 1.82) is 0 Å². The van der Waals surface area contributed by atoms with Crippen LogP contribution in [0.1, 0.15) is 5.56 Å². The standard InChI is InChI=1S/C31H24NOP/c33-30-21-20-25(24-12-4-1-5-13-24)22-29(30)32-23-26-14-10-11-19-31(26)34(27-15-6-2-7-16-27)28-17-8-3-9-18-28/h1-23,33H. The van der Waals surface area contributed by atoms with E-state index in [2.05, 4.69) is 91.0 Å². The van der Waals surface area contributed by atoms with Gasteiger partial charge in [0.25, 0.3) is 0 Å². The Morgan fingerprint density at radius 1 is 0.559 bits per heavy atom. The molecule has 0 saturated heterocycles. The minimum atomic E-state index is -0.751. The molecule has 0 bridgehead atoms. The fraction of sp³-hybridized carbons (Fsp3) is 0. The number of aromatic hydroxyl groups is 1. The lowest BCUT2D eigenvalue weighted by molar-refractivity contribution is 0.477. The van der Waals surface area contributed by atoms with E-state index in [1.54, 1.807) is 6.07 Å². The van der Waals surface area contributed by atoms with E-state index in [1.807, 2.05) is 42.6 Å². The van der Waals surface area contributed by atoms with Gasteiger partial charge in [0.05, 0.1) is 0 Å². The second-order valence-corrected chi connectivity index (χ2v) is 10.1. The molecule has 5 aromatic carbocycles. The Labute approximate surface area is 201 Å². The topological polar surface area (TPSA) is 32.6 Å². The van der Waals surface area contributed by atoms with E-state index in [9.17, 15) is 5.11 Å². The van der Waals surface area contributed by atoms with Gasteiger partial charge in [-0.1, -0.05) is 121 Å². The molecule has 0 spiro atoms. The molecule has 0 aliphatic rings. The molecule has 5 rings (SSSR count). The Kier molecular flexibility index (Phi) is 6.61. The fourth-order valence-electron chi connectivity index (χ4n) is 3.96. The van der Waals surface area contributed by atoms with Crippen LogP contribution in [0.4, 0.5) is 5.69 Å². The van der Waals surface area contributed by atoms with Gasteiger partial charge in [0.15, 0.2) is 0 Å². The van der Waals surface area contributed by atoms with Crippen LogP contribution in [0.3, 0.4) is 0 Å². The monoisotopic (exact) mass is 457 g/mol. The number of phenols is 1. The molecule has 0 saturated carbocycles. The normalized spacial score (nSPS) is 11.2. The number of hydrogen-bond donors (Lipinski definition) is 1. The van der Waals surface area contributed by atoms with Gasteiger partial charge in [-0.15, -0.1) is 0 Å². The zero-order chi connectivity index (χ0) is 23.2. The Morgan fingerprint density at radius 3 is 1.76 bits per heavy atom. The van der Waals surface area contributed by atoms with Crippen molar-refractivity contribution in [2.24, 2.45) is 4.99 Å². The van der Waals surface area contributed by atoms with Crippen LogP contribution in [-0.4, -0.2) is 11.3 Å². The Balaban J connectivity index is 1.56. The molecule has 0 heterocycles. The van der Waals surface area contributed by atoms with Crippen molar-refractivity contribution in [1.82, 2.24) is 0 Å². The van der Waals surface area contributed by atoms with Gasteiger partial charge in [-0.2, -0.15) is 0 Å². The minimum Gasteiger partial charge on any atom is -0.506 e. The molecule has 0 unspecified atom stereocenters. The summed E-state index contributed by atoms with van der Waals surface area (Å²) in [6.45, 7) is 0. The van der Waals surface area contributed by atoms with Crippen molar-refractivity contribution in [2.45, 2.75) is 0 Å². The molecule has 0 aliphatic carbocycles. The first kappa shape index (κ1) is 21.8. The van der Waals surface area contributed by atoms with Crippen molar-refractivity contribution in [3.05, 3.63) is 139 Å². The van der Waals surface area contributed by atoms with E-state index >= 15 is 0 Å². The molecule has 0 radical (unpaired) electrons. The third kappa shape index (κ3) is 4.83. The maximum absolute atomic E-state index is 10.5. The fourth-order valence-corrected chi connectivity index (χ4v) is 6.38. The van der Waals surface area contributed by atoms with Gasteiger partial charge in [0.1, 0.15) is 11.4 Å². The highest BCUT2D eigenvalue weighted by atomic mass is 31.1. The lowest BCUT2D eigenvalue weighted by Crippen LogP contribution is -2.23. The van der Waals surface area contributed by atoms with Crippen LogP contribution in [0.25, 0.3) is 11.1 Å². The average molecular weight is 458 g/mol. The van der Waals surface area contributed by atoms with E-state index in [0.29, 0.717) is 5.69 Å². The molecule has 164 valence electrons. The van der Waals surface area contributed by atoms with Gasteiger partial charge < -0.3 is 5.11 Å². The number of nitrogens with zero attached hydrogens (tertiary/aromatic N) is 1. The third-order valence-corrected chi connectivity index (χ3v) is 8.15. The number of aliphatic imine (C=N–C) groups is 1. The molecule has 0 fully saturated rings. The lowest BCUT2D eigenvalue weighted by atomic mass is 10.0. The van der Waals surface area contributed by atoms with E-state index in [4.69, 9.17) is 4.99 Å². The summed E-state index contributed by atoms with van der Waals surface area (Å²) >= 11 is 0. The second kappa shape index (κ2) is 10.3. The number of benzene rings is 5. The molecular weight excluding hydrogens is 433 g/mol. The summed E-state index contributed by atoms with van der Waals surface area (Å²) in [5.41, 5.74) is 3.72. The smallest absolute Gasteiger partial charge is 0.141 e.